The number of alkyl halides is 3. The Balaban J connectivity index is 2.08. The highest BCUT2D eigenvalue weighted by Crippen LogP contribution is 2.33. The van der Waals surface area contributed by atoms with Crippen LogP contribution < -0.4 is 9.62 Å². The molecule has 43 heavy (non-hydrogen) atoms. The van der Waals surface area contributed by atoms with E-state index in [9.17, 15) is 31.2 Å². The zero-order chi connectivity index (χ0) is 31.9. The monoisotopic (exact) mass is 657 g/mol. The minimum absolute atomic E-state index is 0.154. The average Bonchev–Trinajstić information content (AvgIpc) is 2.95. The zero-order valence-corrected chi connectivity index (χ0v) is 26.1. The molecule has 13 heteroatoms. The molecule has 0 saturated carbocycles. The second-order valence-corrected chi connectivity index (χ2v) is 12.6. The predicted octanol–water partition coefficient (Wildman–Crippen LogP) is 6.85. The highest BCUT2D eigenvalue weighted by molar-refractivity contribution is 7.92. The van der Waals surface area contributed by atoms with Crippen molar-refractivity contribution in [3.8, 4) is 0 Å². The fourth-order valence-corrected chi connectivity index (χ4v) is 5.88. The Labute approximate surface area is 259 Å². The van der Waals surface area contributed by atoms with Crippen molar-refractivity contribution in [3.05, 3.63) is 93.5 Å². The van der Waals surface area contributed by atoms with E-state index in [-0.39, 0.29) is 27.2 Å². The summed E-state index contributed by atoms with van der Waals surface area (Å²) in [5.41, 5.74) is -0.185. The Morgan fingerprint density at radius 2 is 1.65 bits per heavy atom. The summed E-state index contributed by atoms with van der Waals surface area (Å²) in [6, 6.07) is 13.0. The van der Waals surface area contributed by atoms with Gasteiger partial charge in [0.05, 0.1) is 26.2 Å². The Morgan fingerprint density at radius 3 is 2.26 bits per heavy atom. The van der Waals surface area contributed by atoms with Crippen molar-refractivity contribution in [1.82, 2.24) is 10.2 Å². The maximum atomic E-state index is 13.9. The molecule has 2 amide bonds. The molecule has 3 rings (SSSR count). The molecule has 1 N–H and O–H groups in total. The molecule has 0 aliphatic heterocycles. The number of carbonyl (C=O) groups is 2. The minimum atomic E-state index is -4.76. The molecule has 0 aliphatic rings. The van der Waals surface area contributed by atoms with Crippen molar-refractivity contribution in [1.29, 1.82) is 0 Å². The molecule has 0 heterocycles. The molecule has 232 valence electrons. The fraction of sp³-hybridized carbons (Fsp3) is 0.333. The first-order valence-corrected chi connectivity index (χ1v) is 15.6. The number of hydrogen-bond acceptors (Lipinski definition) is 4. The highest BCUT2D eigenvalue weighted by Gasteiger charge is 2.35. The lowest BCUT2D eigenvalue weighted by Crippen LogP contribution is -2.51. The van der Waals surface area contributed by atoms with Crippen molar-refractivity contribution < 1.29 is 31.2 Å². The van der Waals surface area contributed by atoms with Gasteiger partial charge in [0, 0.05) is 13.1 Å². The standard InChI is InChI=1S/C30H32Cl2F3N3O4S/c1-4-5-15-36-29(40)21(3)37(18-22-11-14-26(31)27(32)16-22)28(39)19-38(24-8-6-7-23(17-24)30(33,34)35)43(41,42)25-12-9-20(2)10-13-25/h6-14,16-17,21H,4-5,15,18-19H2,1-3H3,(H,36,40). The van der Waals surface area contributed by atoms with Crippen LogP contribution in [0.1, 0.15) is 43.4 Å². The van der Waals surface area contributed by atoms with Gasteiger partial charge in [-0.15, -0.1) is 0 Å². The number of unbranched alkanes of at least 4 members (excludes halogenated alkanes) is 1. The third-order valence-corrected chi connectivity index (χ3v) is 9.21. The van der Waals surface area contributed by atoms with Crippen LogP contribution in [0.3, 0.4) is 0 Å². The molecule has 0 aliphatic carbocycles. The number of nitrogens with zero attached hydrogens (tertiary/aromatic N) is 2. The second-order valence-electron chi connectivity index (χ2n) is 9.96. The molecule has 0 aromatic heterocycles. The van der Waals surface area contributed by atoms with Crippen LogP contribution in [0.15, 0.2) is 71.6 Å². The third kappa shape index (κ3) is 8.87. The number of nitrogens with one attached hydrogen (secondary N) is 1. The van der Waals surface area contributed by atoms with Gasteiger partial charge in [-0.2, -0.15) is 13.2 Å². The van der Waals surface area contributed by atoms with E-state index in [1.807, 2.05) is 6.92 Å². The average molecular weight is 659 g/mol. The van der Waals surface area contributed by atoms with Gasteiger partial charge in [0.25, 0.3) is 10.0 Å². The Hall–Kier alpha value is -3.28. The lowest BCUT2D eigenvalue weighted by molar-refractivity contribution is -0.139. The second kappa shape index (κ2) is 14.5. The van der Waals surface area contributed by atoms with Gasteiger partial charge in [-0.1, -0.05) is 66.4 Å². The van der Waals surface area contributed by atoms with Crippen molar-refractivity contribution in [2.75, 3.05) is 17.4 Å². The van der Waals surface area contributed by atoms with Crippen LogP contribution in [0.4, 0.5) is 18.9 Å². The quantitative estimate of drug-likeness (QED) is 0.216. The summed E-state index contributed by atoms with van der Waals surface area (Å²) < 4.78 is 69.1. The lowest BCUT2D eigenvalue weighted by atomic mass is 10.1. The Bertz CT molecular complexity index is 1550. The largest absolute Gasteiger partial charge is 0.416 e. The molecule has 3 aromatic carbocycles. The lowest BCUT2D eigenvalue weighted by Gasteiger charge is -2.32. The van der Waals surface area contributed by atoms with Crippen LogP contribution in [-0.2, 0) is 32.3 Å². The van der Waals surface area contributed by atoms with Gasteiger partial charge >= 0.3 is 6.18 Å². The Kier molecular flexibility index (Phi) is 11.5. The van der Waals surface area contributed by atoms with Gasteiger partial charge in [0.2, 0.25) is 11.8 Å². The molecule has 0 radical (unpaired) electrons. The van der Waals surface area contributed by atoms with Crippen LogP contribution in [0.25, 0.3) is 0 Å². The molecule has 1 unspecified atom stereocenters. The van der Waals surface area contributed by atoms with Crippen LogP contribution in [0.2, 0.25) is 10.0 Å². The Morgan fingerprint density at radius 1 is 0.977 bits per heavy atom. The van der Waals surface area contributed by atoms with E-state index in [0.29, 0.717) is 28.9 Å². The molecule has 0 bridgehead atoms. The zero-order valence-electron chi connectivity index (χ0n) is 23.8. The predicted molar refractivity (Wildman–Crippen MR) is 162 cm³/mol. The summed E-state index contributed by atoms with van der Waals surface area (Å²) in [6.07, 6.45) is -3.23. The van der Waals surface area contributed by atoms with E-state index < -0.39 is 46.2 Å². The van der Waals surface area contributed by atoms with Gasteiger partial charge in [0.15, 0.2) is 0 Å². The third-order valence-electron chi connectivity index (χ3n) is 6.68. The van der Waals surface area contributed by atoms with E-state index in [2.05, 4.69) is 5.32 Å². The number of sulfonamides is 1. The summed E-state index contributed by atoms with van der Waals surface area (Å²) in [6.45, 7) is 4.52. The van der Waals surface area contributed by atoms with Crippen LogP contribution in [-0.4, -0.2) is 44.3 Å². The van der Waals surface area contributed by atoms with Gasteiger partial charge < -0.3 is 10.2 Å². The molecule has 1 atom stereocenters. The van der Waals surface area contributed by atoms with E-state index in [1.54, 1.807) is 13.0 Å². The molecular formula is C30H32Cl2F3N3O4S. The van der Waals surface area contributed by atoms with Gasteiger partial charge in [-0.05, 0) is 68.3 Å². The topological polar surface area (TPSA) is 86.8 Å². The number of halogens is 5. The number of rotatable bonds is 12. The maximum Gasteiger partial charge on any atom is 0.416 e. The number of carbonyl (C=O) groups excluding carboxylic acids is 2. The number of benzene rings is 3. The van der Waals surface area contributed by atoms with Gasteiger partial charge in [-0.3, -0.25) is 13.9 Å². The van der Waals surface area contributed by atoms with Crippen molar-refractivity contribution in [3.63, 3.8) is 0 Å². The first kappa shape index (κ1) is 34.2. The van der Waals surface area contributed by atoms with E-state index in [4.69, 9.17) is 23.2 Å². The van der Waals surface area contributed by atoms with Gasteiger partial charge in [-0.25, -0.2) is 8.42 Å². The summed E-state index contributed by atoms with van der Waals surface area (Å²) in [7, 11) is -4.53. The van der Waals surface area contributed by atoms with Crippen molar-refractivity contribution in [2.24, 2.45) is 0 Å². The summed E-state index contributed by atoms with van der Waals surface area (Å²) in [5, 5.41) is 3.24. The maximum absolute atomic E-state index is 13.9. The van der Waals surface area contributed by atoms with Crippen molar-refractivity contribution >= 4 is 50.7 Å². The molecule has 3 aromatic rings. The minimum Gasteiger partial charge on any atom is -0.354 e. The van der Waals surface area contributed by atoms with Crippen LogP contribution in [0, 0.1) is 6.92 Å². The van der Waals surface area contributed by atoms with E-state index >= 15 is 0 Å². The number of amides is 2. The number of hydrogen-bond donors (Lipinski definition) is 1. The van der Waals surface area contributed by atoms with Crippen molar-refractivity contribution in [2.45, 2.75) is 57.3 Å². The van der Waals surface area contributed by atoms with Gasteiger partial charge in [0.1, 0.15) is 12.6 Å². The summed E-state index contributed by atoms with van der Waals surface area (Å²) >= 11 is 12.2. The summed E-state index contributed by atoms with van der Waals surface area (Å²) in [4.78, 5) is 27.9. The van der Waals surface area contributed by atoms with Crippen LogP contribution >= 0.6 is 23.2 Å². The highest BCUT2D eigenvalue weighted by atomic mass is 35.5. The van der Waals surface area contributed by atoms with E-state index in [0.717, 1.165) is 29.0 Å². The first-order valence-electron chi connectivity index (χ1n) is 13.4. The molecule has 0 saturated heterocycles. The number of aryl methyl sites for hydroxylation is 1. The summed E-state index contributed by atoms with van der Waals surface area (Å²) in [5.74, 6) is -1.30. The smallest absolute Gasteiger partial charge is 0.354 e. The SMILES string of the molecule is CCCCNC(=O)C(C)N(Cc1ccc(Cl)c(Cl)c1)C(=O)CN(c1cccc(C(F)(F)F)c1)S(=O)(=O)c1ccc(C)cc1. The molecule has 0 spiro atoms. The van der Waals surface area contributed by atoms with E-state index in [1.165, 1.54) is 49.4 Å². The first-order chi connectivity index (χ1) is 20.1. The van der Waals surface area contributed by atoms with Crippen LogP contribution in [0.5, 0.6) is 0 Å². The molecule has 0 fully saturated rings. The number of anilines is 1. The molecule has 7 nitrogen and oxygen atoms in total. The fourth-order valence-electron chi connectivity index (χ4n) is 4.16. The normalized spacial score (nSPS) is 12.5. The molecular weight excluding hydrogens is 626 g/mol.